The molecule has 0 saturated carbocycles. The molecule has 0 aromatic heterocycles. The number of hydrogen-bond donors (Lipinski definition) is 1. The van der Waals surface area contributed by atoms with Gasteiger partial charge in [0.2, 0.25) is 0 Å². The Bertz CT molecular complexity index is 569. The zero-order valence-corrected chi connectivity index (χ0v) is 10.8. The van der Waals surface area contributed by atoms with Gasteiger partial charge < -0.3 is 10.5 Å². The summed E-state index contributed by atoms with van der Waals surface area (Å²) in [7, 11) is 0. The second kappa shape index (κ2) is 5.99. The molecular formula is C14H12ClF2NO. The number of benzene rings is 2. The van der Waals surface area contributed by atoms with Crippen molar-refractivity contribution in [3.8, 4) is 5.75 Å². The zero-order valence-electron chi connectivity index (χ0n) is 10.00. The molecule has 0 spiro atoms. The van der Waals surface area contributed by atoms with E-state index in [4.69, 9.17) is 22.1 Å². The van der Waals surface area contributed by atoms with Gasteiger partial charge in [-0.2, -0.15) is 0 Å². The van der Waals surface area contributed by atoms with Gasteiger partial charge in [0.1, 0.15) is 24.0 Å². The minimum atomic E-state index is -0.630. The molecule has 0 aliphatic heterocycles. The van der Waals surface area contributed by atoms with Crippen molar-refractivity contribution in [3.05, 3.63) is 64.2 Å². The Hall–Kier alpha value is -1.65. The minimum Gasteiger partial charge on any atom is -0.489 e. The first-order valence-corrected chi connectivity index (χ1v) is 6.02. The molecule has 0 fully saturated rings. The molecule has 2 aromatic carbocycles. The molecule has 19 heavy (non-hydrogen) atoms. The van der Waals surface area contributed by atoms with Crippen molar-refractivity contribution in [2.24, 2.45) is 5.73 Å². The Balaban J connectivity index is 2.08. The summed E-state index contributed by atoms with van der Waals surface area (Å²) in [4.78, 5) is 0. The summed E-state index contributed by atoms with van der Waals surface area (Å²) in [5, 5.41) is 0.505. The lowest BCUT2D eigenvalue weighted by molar-refractivity contribution is 0.304. The lowest BCUT2D eigenvalue weighted by Crippen LogP contribution is -1.99. The summed E-state index contributed by atoms with van der Waals surface area (Å²) in [6.07, 6.45) is 0. The van der Waals surface area contributed by atoms with Gasteiger partial charge in [0.05, 0.1) is 0 Å². The van der Waals surface area contributed by atoms with Crippen molar-refractivity contribution < 1.29 is 13.5 Å². The molecule has 0 bridgehead atoms. The van der Waals surface area contributed by atoms with Crippen LogP contribution in [0.2, 0.25) is 5.02 Å². The molecule has 2 N–H and O–H groups in total. The standard InChI is InChI=1S/C14H12ClF2NO/c15-14-6-13(2-1-10(14)7-18)19-8-9-3-11(16)5-12(17)4-9/h1-6H,7-8,18H2. The van der Waals surface area contributed by atoms with E-state index in [-0.39, 0.29) is 6.61 Å². The lowest BCUT2D eigenvalue weighted by atomic mass is 10.2. The number of hydrogen-bond acceptors (Lipinski definition) is 2. The summed E-state index contributed by atoms with van der Waals surface area (Å²) >= 11 is 5.98. The van der Waals surface area contributed by atoms with Gasteiger partial charge in [0.15, 0.2) is 0 Å². The maximum Gasteiger partial charge on any atom is 0.126 e. The van der Waals surface area contributed by atoms with Crippen LogP contribution < -0.4 is 10.5 Å². The van der Waals surface area contributed by atoms with Gasteiger partial charge in [-0.1, -0.05) is 17.7 Å². The second-order valence-corrected chi connectivity index (χ2v) is 4.43. The molecule has 0 saturated heterocycles. The van der Waals surface area contributed by atoms with Crippen LogP contribution in [0.15, 0.2) is 36.4 Å². The quantitative estimate of drug-likeness (QED) is 0.929. The predicted octanol–water partition coefficient (Wildman–Crippen LogP) is 3.66. The van der Waals surface area contributed by atoms with E-state index in [9.17, 15) is 8.78 Å². The molecule has 0 radical (unpaired) electrons. The van der Waals surface area contributed by atoms with E-state index in [0.717, 1.165) is 11.6 Å². The maximum atomic E-state index is 13.0. The third-order valence-electron chi connectivity index (χ3n) is 2.57. The van der Waals surface area contributed by atoms with Crippen LogP contribution in [0.1, 0.15) is 11.1 Å². The molecule has 0 heterocycles. The molecule has 0 aliphatic carbocycles. The highest BCUT2D eigenvalue weighted by atomic mass is 35.5. The van der Waals surface area contributed by atoms with Crippen molar-refractivity contribution in [1.29, 1.82) is 0 Å². The topological polar surface area (TPSA) is 35.2 Å². The van der Waals surface area contributed by atoms with Gasteiger partial charge in [-0.05, 0) is 35.4 Å². The highest BCUT2D eigenvalue weighted by Gasteiger charge is 2.04. The van der Waals surface area contributed by atoms with Crippen molar-refractivity contribution in [1.82, 2.24) is 0 Å². The summed E-state index contributed by atoms with van der Waals surface area (Å²) < 4.78 is 31.4. The Kier molecular flexibility index (Phi) is 4.35. The van der Waals surface area contributed by atoms with Gasteiger partial charge in [-0.25, -0.2) is 8.78 Å². The Labute approximate surface area is 114 Å². The fourth-order valence-electron chi connectivity index (χ4n) is 1.64. The average Bonchev–Trinajstić information content (AvgIpc) is 2.35. The predicted molar refractivity (Wildman–Crippen MR) is 70.0 cm³/mol. The van der Waals surface area contributed by atoms with E-state index >= 15 is 0 Å². The maximum absolute atomic E-state index is 13.0. The van der Waals surface area contributed by atoms with Crippen molar-refractivity contribution >= 4 is 11.6 Å². The molecule has 100 valence electrons. The van der Waals surface area contributed by atoms with Crippen LogP contribution in [0.25, 0.3) is 0 Å². The van der Waals surface area contributed by atoms with Gasteiger partial charge in [0.25, 0.3) is 0 Å². The fraction of sp³-hybridized carbons (Fsp3) is 0.143. The first kappa shape index (κ1) is 13.8. The molecular weight excluding hydrogens is 272 g/mol. The van der Waals surface area contributed by atoms with Crippen molar-refractivity contribution in [2.75, 3.05) is 0 Å². The highest BCUT2D eigenvalue weighted by molar-refractivity contribution is 6.31. The first-order chi connectivity index (χ1) is 9.08. The zero-order chi connectivity index (χ0) is 13.8. The van der Waals surface area contributed by atoms with Gasteiger partial charge >= 0.3 is 0 Å². The largest absolute Gasteiger partial charge is 0.489 e. The van der Waals surface area contributed by atoms with Crippen LogP contribution >= 0.6 is 11.6 Å². The fourth-order valence-corrected chi connectivity index (χ4v) is 1.89. The van der Waals surface area contributed by atoms with Crippen LogP contribution in [0.5, 0.6) is 5.75 Å². The van der Waals surface area contributed by atoms with Crippen LogP contribution in [-0.2, 0) is 13.2 Å². The normalized spacial score (nSPS) is 10.5. The molecule has 2 nitrogen and oxygen atoms in total. The number of ether oxygens (including phenoxy) is 1. The third kappa shape index (κ3) is 3.66. The Morgan fingerprint density at radius 2 is 1.74 bits per heavy atom. The molecule has 0 unspecified atom stereocenters. The van der Waals surface area contributed by atoms with E-state index in [1.54, 1.807) is 18.2 Å². The van der Waals surface area contributed by atoms with E-state index in [1.807, 2.05) is 0 Å². The number of halogens is 3. The molecule has 0 amide bonds. The smallest absolute Gasteiger partial charge is 0.126 e. The van der Waals surface area contributed by atoms with Crippen molar-refractivity contribution in [2.45, 2.75) is 13.2 Å². The molecule has 5 heteroatoms. The monoisotopic (exact) mass is 283 g/mol. The van der Waals surface area contributed by atoms with Crippen LogP contribution in [-0.4, -0.2) is 0 Å². The van der Waals surface area contributed by atoms with Gasteiger partial charge in [0, 0.05) is 17.6 Å². The molecule has 2 aromatic rings. The van der Waals surface area contributed by atoms with Gasteiger partial charge in [-0.3, -0.25) is 0 Å². The summed E-state index contributed by atoms with van der Waals surface area (Å²) in [6, 6.07) is 8.35. The van der Waals surface area contributed by atoms with Crippen LogP contribution in [0.3, 0.4) is 0 Å². The van der Waals surface area contributed by atoms with Crippen LogP contribution in [0.4, 0.5) is 8.78 Å². The summed E-state index contributed by atoms with van der Waals surface area (Å²) in [6.45, 7) is 0.404. The van der Waals surface area contributed by atoms with E-state index in [0.29, 0.717) is 22.9 Å². The van der Waals surface area contributed by atoms with E-state index < -0.39 is 11.6 Å². The SMILES string of the molecule is NCc1ccc(OCc2cc(F)cc(F)c2)cc1Cl. The number of rotatable bonds is 4. The van der Waals surface area contributed by atoms with E-state index in [1.165, 1.54) is 12.1 Å². The second-order valence-electron chi connectivity index (χ2n) is 4.02. The Morgan fingerprint density at radius 1 is 1.05 bits per heavy atom. The first-order valence-electron chi connectivity index (χ1n) is 5.65. The molecule has 2 rings (SSSR count). The summed E-state index contributed by atoms with van der Waals surface area (Å²) in [5.74, 6) is -0.739. The highest BCUT2D eigenvalue weighted by Crippen LogP contribution is 2.23. The number of nitrogens with two attached hydrogens (primary N) is 1. The lowest BCUT2D eigenvalue weighted by Gasteiger charge is -2.08. The molecule has 0 atom stereocenters. The third-order valence-corrected chi connectivity index (χ3v) is 2.92. The minimum absolute atomic E-state index is 0.0625. The van der Waals surface area contributed by atoms with Gasteiger partial charge in [-0.15, -0.1) is 0 Å². The Morgan fingerprint density at radius 3 is 2.32 bits per heavy atom. The molecule has 0 aliphatic rings. The van der Waals surface area contributed by atoms with Crippen molar-refractivity contribution in [3.63, 3.8) is 0 Å². The van der Waals surface area contributed by atoms with Crippen LogP contribution in [0, 0.1) is 11.6 Å². The average molecular weight is 284 g/mol. The summed E-state index contributed by atoms with van der Waals surface area (Å²) in [5.41, 5.74) is 6.71. The van der Waals surface area contributed by atoms with E-state index in [2.05, 4.69) is 0 Å².